The van der Waals surface area contributed by atoms with Gasteiger partial charge in [0, 0.05) is 12.0 Å². The van der Waals surface area contributed by atoms with E-state index < -0.39 is 30.5 Å². The van der Waals surface area contributed by atoms with E-state index in [2.05, 4.69) is 39.9 Å². The first-order valence-electron chi connectivity index (χ1n) is 10.3. The molecule has 2 aliphatic carbocycles. The molecule has 8 heteroatoms. The molecule has 2 aromatic carbocycles. The van der Waals surface area contributed by atoms with E-state index in [1.54, 1.807) is 0 Å². The highest BCUT2D eigenvalue weighted by Gasteiger charge is 2.35. The number of aliphatic carboxylic acids is 1. The molecule has 8 nitrogen and oxygen atoms in total. The Balaban J connectivity index is 1.34. The van der Waals surface area contributed by atoms with Gasteiger partial charge in [-0.05, 0) is 35.1 Å². The van der Waals surface area contributed by atoms with Crippen molar-refractivity contribution >= 4 is 18.0 Å². The number of alkyl carbamates (subject to hydrolysis) is 1. The molecule has 2 aromatic rings. The third-order valence-corrected chi connectivity index (χ3v) is 5.87. The lowest BCUT2D eigenvalue weighted by Gasteiger charge is -2.21. The molecule has 0 saturated heterocycles. The van der Waals surface area contributed by atoms with E-state index in [1.165, 1.54) is 0 Å². The second-order valence-electron chi connectivity index (χ2n) is 7.76. The van der Waals surface area contributed by atoms with Crippen molar-refractivity contribution in [2.45, 2.75) is 31.2 Å². The number of hydrogen-bond donors (Lipinski definition) is 3. The van der Waals surface area contributed by atoms with Crippen LogP contribution < -0.4 is 10.8 Å². The maximum atomic E-state index is 12.5. The summed E-state index contributed by atoms with van der Waals surface area (Å²) in [5, 5.41) is 11.4. The van der Waals surface area contributed by atoms with Gasteiger partial charge in [-0.2, -0.15) is 0 Å². The zero-order valence-corrected chi connectivity index (χ0v) is 16.9. The summed E-state index contributed by atoms with van der Waals surface area (Å²) in [5.74, 6) is -2.15. The van der Waals surface area contributed by atoms with Crippen LogP contribution in [-0.2, 0) is 19.2 Å². The van der Waals surface area contributed by atoms with Crippen molar-refractivity contribution in [3.8, 4) is 11.1 Å². The van der Waals surface area contributed by atoms with Gasteiger partial charge in [-0.1, -0.05) is 55.0 Å². The van der Waals surface area contributed by atoms with Crippen molar-refractivity contribution in [3.63, 3.8) is 0 Å². The second kappa shape index (κ2) is 9.18. The minimum absolute atomic E-state index is 0.0368. The quantitative estimate of drug-likeness (QED) is 0.589. The average Bonchev–Trinajstić information content (AvgIpc) is 3.34. The number of carboxylic acids is 1. The molecule has 2 atom stereocenters. The molecule has 0 aromatic heterocycles. The number of rotatable bonds is 7. The third-order valence-electron chi connectivity index (χ3n) is 5.87. The van der Waals surface area contributed by atoms with E-state index in [-0.39, 0.29) is 18.6 Å². The van der Waals surface area contributed by atoms with Gasteiger partial charge in [-0.15, -0.1) is 0 Å². The summed E-state index contributed by atoms with van der Waals surface area (Å²) in [6.45, 7) is -0.423. The van der Waals surface area contributed by atoms with Crippen LogP contribution in [0.1, 0.15) is 36.3 Å². The van der Waals surface area contributed by atoms with Crippen LogP contribution in [0.25, 0.3) is 11.1 Å². The van der Waals surface area contributed by atoms with E-state index in [4.69, 9.17) is 9.84 Å². The smallest absolute Gasteiger partial charge is 0.407 e. The molecule has 4 rings (SSSR count). The zero-order valence-electron chi connectivity index (χ0n) is 16.9. The second-order valence-corrected chi connectivity index (χ2v) is 7.76. The summed E-state index contributed by atoms with van der Waals surface area (Å²) >= 11 is 0. The van der Waals surface area contributed by atoms with Crippen LogP contribution >= 0.6 is 0 Å². The summed E-state index contributed by atoms with van der Waals surface area (Å²) in [6.07, 6.45) is 1.42. The molecule has 1 saturated carbocycles. The Morgan fingerprint density at radius 2 is 1.61 bits per heavy atom. The minimum Gasteiger partial charge on any atom is -0.479 e. The Morgan fingerprint density at radius 3 is 2.26 bits per heavy atom. The van der Waals surface area contributed by atoms with Gasteiger partial charge < -0.3 is 15.2 Å². The summed E-state index contributed by atoms with van der Waals surface area (Å²) in [5.41, 5.74) is 6.71. The topological polar surface area (TPSA) is 114 Å². The van der Waals surface area contributed by atoms with E-state index in [1.807, 2.05) is 24.3 Å². The lowest BCUT2D eigenvalue weighted by atomic mass is 9.98. The van der Waals surface area contributed by atoms with Gasteiger partial charge in [-0.25, -0.2) is 15.1 Å². The minimum atomic E-state index is -1.18. The number of ether oxygens (including phenoxy) is 1. The first-order chi connectivity index (χ1) is 15.0. The molecule has 2 unspecified atom stereocenters. The van der Waals surface area contributed by atoms with Crippen LogP contribution in [-0.4, -0.2) is 42.3 Å². The number of carbonyl (C=O) groups is 3. The first-order valence-corrected chi connectivity index (χ1v) is 10.3. The number of hydrogen-bond acceptors (Lipinski definition) is 5. The summed E-state index contributed by atoms with van der Waals surface area (Å²) in [6, 6.07) is 15.8. The van der Waals surface area contributed by atoms with Crippen molar-refractivity contribution < 1.29 is 29.1 Å². The number of hydroxylamine groups is 1. The molecule has 2 amide bonds. The van der Waals surface area contributed by atoms with Gasteiger partial charge in [0.25, 0.3) is 0 Å². The summed E-state index contributed by atoms with van der Waals surface area (Å²) in [7, 11) is 0. The molecule has 3 N–H and O–H groups in total. The first kappa shape index (κ1) is 20.9. The Morgan fingerprint density at radius 1 is 0.968 bits per heavy atom. The van der Waals surface area contributed by atoms with Crippen molar-refractivity contribution in [2.75, 3.05) is 13.2 Å². The van der Waals surface area contributed by atoms with Crippen LogP contribution in [0.5, 0.6) is 0 Å². The van der Waals surface area contributed by atoms with Crippen molar-refractivity contribution in [1.29, 1.82) is 0 Å². The number of nitrogens with one attached hydrogen (secondary N) is 2. The number of benzene rings is 2. The van der Waals surface area contributed by atoms with E-state index >= 15 is 0 Å². The van der Waals surface area contributed by atoms with Gasteiger partial charge in [0.15, 0.2) is 6.61 Å². The van der Waals surface area contributed by atoms with Crippen LogP contribution in [0, 0.1) is 5.92 Å². The fourth-order valence-corrected chi connectivity index (χ4v) is 4.48. The monoisotopic (exact) mass is 424 g/mol. The Hall–Kier alpha value is -3.39. The average molecular weight is 424 g/mol. The van der Waals surface area contributed by atoms with Gasteiger partial charge in [0.2, 0.25) is 5.91 Å². The molecule has 0 spiro atoms. The van der Waals surface area contributed by atoms with Crippen LogP contribution in [0.2, 0.25) is 0 Å². The number of carbonyl (C=O) groups excluding carboxylic acids is 2. The standard InChI is InChI=1S/C23H24N2O6/c26-21(27)13-31-25-22(28)18-10-5-11-20(18)24-23(29)30-12-19-16-8-3-1-6-14(16)15-7-2-4-9-17(15)19/h1-4,6-9,18-20H,5,10-13H2,(H,24,29)(H,25,28)(H,26,27). The molecule has 0 bridgehead atoms. The van der Waals surface area contributed by atoms with Crippen LogP contribution in [0.3, 0.4) is 0 Å². The maximum absolute atomic E-state index is 12.5. The highest BCUT2D eigenvalue weighted by Crippen LogP contribution is 2.44. The highest BCUT2D eigenvalue weighted by atomic mass is 16.7. The Bertz CT molecular complexity index is 946. The summed E-state index contributed by atoms with van der Waals surface area (Å²) in [4.78, 5) is 39.9. The normalized spacial score (nSPS) is 19.4. The molecule has 0 radical (unpaired) electrons. The lowest BCUT2D eigenvalue weighted by Crippen LogP contribution is -2.44. The highest BCUT2D eigenvalue weighted by molar-refractivity contribution is 5.81. The fourth-order valence-electron chi connectivity index (χ4n) is 4.48. The Labute approximate surface area is 179 Å². The third kappa shape index (κ3) is 4.54. The van der Waals surface area contributed by atoms with E-state index in [9.17, 15) is 14.4 Å². The van der Waals surface area contributed by atoms with E-state index in [0.717, 1.165) is 28.7 Å². The number of amides is 2. The van der Waals surface area contributed by atoms with Crippen molar-refractivity contribution in [3.05, 3.63) is 59.7 Å². The molecule has 162 valence electrons. The predicted octanol–water partition coefficient (Wildman–Crippen LogP) is 2.83. The van der Waals surface area contributed by atoms with Crippen molar-refractivity contribution in [1.82, 2.24) is 10.8 Å². The largest absolute Gasteiger partial charge is 0.479 e. The molecule has 2 aliphatic rings. The maximum Gasteiger partial charge on any atom is 0.407 e. The Kier molecular flexibility index (Phi) is 6.18. The summed E-state index contributed by atoms with van der Waals surface area (Å²) < 4.78 is 5.55. The molecule has 1 fully saturated rings. The molecule has 0 aliphatic heterocycles. The van der Waals surface area contributed by atoms with Gasteiger partial charge >= 0.3 is 12.1 Å². The SMILES string of the molecule is O=C(O)CONC(=O)C1CCCC1NC(=O)OCC1c2ccccc2-c2ccccc21. The van der Waals surface area contributed by atoms with Crippen LogP contribution in [0.15, 0.2) is 48.5 Å². The molecule has 0 heterocycles. The van der Waals surface area contributed by atoms with Gasteiger partial charge in [0.05, 0.1) is 5.92 Å². The zero-order chi connectivity index (χ0) is 21.8. The predicted molar refractivity (Wildman–Crippen MR) is 111 cm³/mol. The van der Waals surface area contributed by atoms with Crippen LogP contribution in [0.4, 0.5) is 4.79 Å². The van der Waals surface area contributed by atoms with Gasteiger partial charge in [0.1, 0.15) is 6.61 Å². The molecule has 31 heavy (non-hydrogen) atoms. The number of carboxylic acid groups (broad SMARTS) is 1. The van der Waals surface area contributed by atoms with Gasteiger partial charge in [-0.3, -0.25) is 9.63 Å². The molecular formula is C23H24N2O6. The lowest BCUT2D eigenvalue weighted by molar-refractivity contribution is -0.150. The fraction of sp³-hybridized carbons (Fsp3) is 0.348. The molecular weight excluding hydrogens is 400 g/mol. The number of fused-ring (bicyclic) bond motifs is 3. The van der Waals surface area contributed by atoms with Crippen molar-refractivity contribution in [2.24, 2.45) is 5.92 Å². The van der Waals surface area contributed by atoms with E-state index in [0.29, 0.717) is 12.8 Å².